The van der Waals surface area contributed by atoms with E-state index >= 15 is 0 Å². The first-order valence-electron chi connectivity index (χ1n) is 5.50. The minimum absolute atomic E-state index is 1.01. The third-order valence-corrected chi connectivity index (χ3v) is 3.15. The quantitative estimate of drug-likeness (QED) is 0.801. The van der Waals surface area contributed by atoms with Crippen LogP contribution in [-0.2, 0) is 12.8 Å². The minimum atomic E-state index is 1.01. The van der Waals surface area contributed by atoms with Crippen molar-refractivity contribution in [2.24, 2.45) is 0 Å². The molecule has 84 valence electrons. The van der Waals surface area contributed by atoms with Crippen LogP contribution in [0.5, 0.6) is 0 Å². The molecule has 0 aliphatic carbocycles. The molecule has 0 saturated carbocycles. The normalized spacial score (nSPS) is 10.6. The van der Waals surface area contributed by atoms with Gasteiger partial charge in [0, 0.05) is 11.9 Å². The molecule has 0 spiro atoms. The first kappa shape index (κ1) is 11.3. The predicted octanol–water partition coefficient (Wildman–Crippen LogP) is 3.31. The topological polar surface area (TPSA) is 28.7 Å². The van der Waals surface area contributed by atoms with Gasteiger partial charge >= 0.3 is 0 Å². The van der Waals surface area contributed by atoms with E-state index in [1.807, 2.05) is 12.5 Å². The summed E-state index contributed by atoms with van der Waals surface area (Å²) in [5.74, 6) is 0. The molecular formula is C13H16N2S. The van der Waals surface area contributed by atoms with Crippen LogP contribution >= 0.6 is 11.8 Å². The van der Waals surface area contributed by atoms with Gasteiger partial charge in [0.2, 0.25) is 0 Å². The molecular weight excluding hydrogens is 216 g/mol. The highest BCUT2D eigenvalue weighted by molar-refractivity contribution is 7.98. The van der Waals surface area contributed by atoms with Crippen LogP contribution in [0.4, 0.5) is 0 Å². The number of imidazole rings is 1. The summed E-state index contributed by atoms with van der Waals surface area (Å²) in [5.41, 5.74) is 2.65. The summed E-state index contributed by atoms with van der Waals surface area (Å²) in [6, 6.07) is 10.6. The van der Waals surface area contributed by atoms with Crippen LogP contribution in [0, 0.1) is 0 Å². The molecule has 0 saturated heterocycles. The summed E-state index contributed by atoms with van der Waals surface area (Å²) in [6.45, 7) is 0. The lowest BCUT2D eigenvalue weighted by Gasteiger charge is -1.99. The molecule has 0 unspecified atom stereocenters. The average Bonchev–Trinajstić information content (AvgIpc) is 2.78. The van der Waals surface area contributed by atoms with Gasteiger partial charge in [-0.15, -0.1) is 0 Å². The molecule has 3 heteroatoms. The number of aryl methyl sites for hydroxylation is 2. The van der Waals surface area contributed by atoms with Crippen molar-refractivity contribution < 1.29 is 0 Å². The van der Waals surface area contributed by atoms with Crippen molar-refractivity contribution in [3.8, 4) is 0 Å². The molecule has 1 N–H and O–H groups in total. The zero-order valence-electron chi connectivity index (χ0n) is 9.44. The predicted molar refractivity (Wildman–Crippen MR) is 68.8 cm³/mol. The van der Waals surface area contributed by atoms with Crippen LogP contribution in [-0.4, -0.2) is 16.2 Å². The summed E-state index contributed by atoms with van der Waals surface area (Å²) in [5, 5.41) is 1.01. The molecule has 0 aliphatic heterocycles. The van der Waals surface area contributed by atoms with Crippen LogP contribution in [0.1, 0.15) is 17.7 Å². The minimum Gasteiger partial charge on any atom is -0.337 e. The lowest BCUT2D eigenvalue weighted by atomic mass is 10.1. The van der Waals surface area contributed by atoms with E-state index in [9.17, 15) is 0 Å². The molecule has 0 amide bonds. The van der Waals surface area contributed by atoms with Crippen molar-refractivity contribution in [1.29, 1.82) is 0 Å². The van der Waals surface area contributed by atoms with Crippen LogP contribution in [0.15, 0.2) is 41.7 Å². The van der Waals surface area contributed by atoms with Gasteiger partial charge < -0.3 is 4.98 Å². The first-order valence-corrected chi connectivity index (χ1v) is 6.73. The summed E-state index contributed by atoms with van der Waals surface area (Å²) in [4.78, 5) is 7.57. The van der Waals surface area contributed by atoms with Crippen LogP contribution in [0.25, 0.3) is 0 Å². The molecule has 0 bridgehead atoms. The van der Waals surface area contributed by atoms with Crippen molar-refractivity contribution in [3.63, 3.8) is 0 Å². The second kappa shape index (κ2) is 5.75. The Morgan fingerprint density at radius 2 is 2.00 bits per heavy atom. The molecule has 16 heavy (non-hydrogen) atoms. The number of benzene rings is 1. The number of aromatic amines is 1. The van der Waals surface area contributed by atoms with Crippen molar-refractivity contribution in [2.45, 2.75) is 24.4 Å². The summed E-state index contributed by atoms with van der Waals surface area (Å²) in [6.07, 6.45) is 7.35. The van der Waals surface area contributed by atoms with Crippen molar-refractivity contribution in [3.05, 3.63) is 47.8 Å². The number of rotatable bonds is 5. The second-order valence-corrected chi connectivity index (χ2v) is 4.55. The van der Waals surface area contributed by atoms with E-state index in [0.29, 0.717) is 0 Å². The van der Waals surface area contributed by atoms with Gasteiger partial charge in [-0.05, 0) is 31.1 Å². The average molecular weight is 232 g/mol. The highest BCUT2D eigenvalue weighted by Crippen LogP contribution is 2.11. The van der Waals surface area contributed by atoms with Gasteiger partial charge in [-0.3, -0.25) is 0 Å². The largest absolute Gasteiger partial charge is 0.337 e. The number of nitrogens with zero attached hydrogens (tertiary/aromatic N) is 1. The van der Waals surface area contributed by atoms with E-state index < -0.39 is 0 Å². The van der Waals surface area contributed by atoms with E-state index in [2.05, 4.69) is 40.3 Å². The maximum Gasteiger partial charge on any atom is 0.165 e. The number of thioether (sulfide) groups is 1. The monoisotopic (exact) mass is 232 g/mol. The maximum absolute atomic E-state index is 4.27. The third-order valence-electron chi connectivity index (χ3n) is 2.55. The van der Waals surface area contributed by atoms with E-state index in [0.717, 1.165) is 18.0 Å². The van der Waals surface area contributed by atoms with E-state index in [1.54, 1.807) is 11.8 Å². The first-order chi connectivity index (χ1) is 7.88. The molecule has 0 fully saturated rings. The van der Waals surface area contributed by atoms with Crippen LogP contribution in [0.2, 0.25) is 0 Å². The Hall–Kier alpha value is -1.22. The number of aromatic nitrogens is 2. The molecule has 2 aromatic rings. The van der Waals surface area contributed by atoms with Gasteiger partial charge in [-0.1, -0.05) is 42.1 Å². The second-order valence-electron chi connectivity index (χ2n) is 3.76. The fraction of sp³-hybridized carbons (Fsp3) is 0.308. The van der Waals surface area contributed by atoms with E-state index in [4.69, 9.17) is 0 Å². The lowest BCUT2D eigenvalue weighted by molar-refractivity contribution is 0.799. The SMILES string of the molecule is CSc1ncc(CCCc2ccccc2)[nH]1. The van der Waals surface area contributed by atoms with Crippen molar-refractivity contribution in [1.82, 2.24) is 9.97 Å². The zero-order valence-corrected chi connectivity index (χ0v) is 10.3. The molecule has 2 nitrogen and oxygen atoms in total. The molecule has 0 aliphatic rings. The lowest BCUT2D eigenvalue weighted by Crippen LogP contribution is -1.90. The molecule has 0 radical (unpaired) electrons. The molecule has 1 aromatic heterocycles. The highest BCUT2D eigenvalue weighted by Gasteiger charge is 1.99. The summed E-state index contributed by atoms with van der Waals surface area (Å²) < 4.78 is 0. The summed E-state index contributed by atoms with van der Waals surface area (Å²) in [7, 11) is 0. The third kappa shape index (κ3) is 3.14. The number of hydrogen-bond donors (Lipinski definition) is 1. The Balaban J connectivity index is 1.80. The van der Waals surface area contributed by atoms with Gasteiger partial charge in [-0.25, -0.2) is 4.98 Å². The fourth-order valence-corrected chi connectivity index (χ4v) is 2.09. The van der Waals surface area contributed by atoms with Gasteiger partial charge in [0.05, 0.1) is 0 Å². The molecule has 1 aromatic carbocycles. The smallest absolute Gasteiger partial charge is 0.165 e. The number of hydrogen-bond acceptors (Lipinski definition) is 2. The number of H-pyrrole nitrogens is 1. The Morgan fingerprint density at radius 1 is 1.19 bits per heavy atom. The highest BCUT2D eigenvalue weighted by atomic mass is 32.2. The van der Waals surface area contributed by atoms with E-state index in [-0.39, 0.29) is 0 Å². The Bertz CT molecular complexity index is 423. The number of nitrogens with one attached hydrogen (secondary N) is 1. The Morgan fingerprint density at radius 3 is 2.69 bits per heavy atom. The Labute approximate surface area is 101 Å². The van der Waals surface area contributed by atoms with Gasteiger partial charge in [0.15, 0.2) is 5.16 Å². The van der Waals surface area contributed by atoms with Gasteiger partial charge in [0.1, 0.15) is 0 Å². The van der Waals surface area contributed by atoms with E-state index in [1.165, 1.54) is 17.7 Å². The molecule has 1 heterocycles. The maximum atomic E-state index is 4.27. The fourth-order valence-electron chi connectivity index (χ4n) is 1.70. The standard InChI is InChI=1S/C13H16N2S/c1-16-13-14-10-12(15-13)9-5-8-11-6-3-2-4-7-11/h2-4,6-7,10H,5,8-9H2,1H3,(H,14,15). The van der Waals surface area contributed by atoms with Crippen molar-refractivity contribution >= 4 is 11.8 Å². The molecule has 0 atom stereocenters. The Kier molecular flexibility index (Phi) is 4.05. The zero-order chi connectivity index (χ0) is 11.2. The molecule has 2 rings (SSSR count). The van der Waals surface area contributed by atoms with Crippen LogP contribution < -0.4 is 0 Å². The summed E-state index contributed by atoms with van der Waals surface area (Å²) >= 11 is 1.65. The van der Waals surface area contributed by atoms with Gasteiger partial charge in [-0.2, -0.15) is 0 Å². The van der Waals surface area contributed by atoms with Crippen molar-refractivity contribution in [2.75, 3.05) is 6.26 Å². The van der Waals surface area contributed by atoms with Gasteiger partial charge in [0.25, 0.3) is 0 Å². The van der Waals surface area contributed by atoms with Crippen LogP contribution in [0.3, 0.4) is 0 Å².